The second kappa shape index (κ2) is 5.86. The molecule has 0 saturated heterocycles. The highest BCUT2D eigenvalue weighted by molar-refractivity contribution is 5.87. The first-order valence-corrected chi connectivity index (χ1v) is 6.35. The smallest absolute Gasteiger partial charge is 0.360 e. The molecule has 0 spiro atoms. The van der Waals surface area contributed by atoms with Crippen LogP contribution in [-0.2, 0) is 4.74 Å². The second-order valence-corrected chi connectivity index (χ2v) is 4.46. The van der Waals surface area contributed by atoms with Crippen molar-refractivity contribution in [1.82, 2.24) is 4.98 Å². The van der Waals surface area contributed by atoms with E-state index in [1.165, 1.54) is 12.7 Å². The lowest BCUT2D eigenvalue weighted by Gasteiger charge is -2.28. The van der Waals surface area contributed by atoms with Crippen molar-refractivity contribution in [3.05, 3.63) is 12.0 Å². The van der Waals surface area contributed by atoms with Crippen LogP contribution in [0.2, 0.25) is 0 Å². The summed E-state index contributed by atoms with van der Waals surface area (Å²) in [5, 5.41) is 3.14. The SMILES string of the molecule is CCOC(=O)c1coc(N[C@@H]2CCCC[C@H]2N)n1. The number of esters is 1. The van der Waals surface area contributed by atoms with Gasteiger partial charge in [-0.05, 0) is 19.8 Å². The fourth-order valence-corrected chi connectivity index (χ4v) is 2.14. The molecule has 0 aromatic carbocycles. The van der Waals surface area contributed by atoms with Crippen molar-refractivity contribution in [2.24, 2.45) is 5.73 Å². The third-order valence-corrected chi connectivity index (χ3v) is 3.12. The van der Waals surface area contributed by atoms with Gasteiger partial charge in [0.05, 0.1) is 6.61 Å². The molecule has 6 nitrogen and oxygen atoms in total. The summed E-state index contributed by atoms with van der Waals surface area (Å²) in [6.07, 6.45) is 5.62. The Hall–Kier alpha value is -1.56. The molecular formula is C12H19N3O3. The average Bonchev–Trinajstić information content (AvgIpc) is 2.81. The van der Waals surface area contributed by atoms with E-state index in [1.54, 1.807) is 6.92 Å². The average molecular weight is 253 g/mol. The van der Waals surface area contributed by atoms with Crippen molar-refractivity contribution in [1.29, 1.82) is 0 Å². The molecular weight excluding hydrogens is 234 g/mol. The van der Waals surface area contributed by atoms with Crippen molar-refractivity contribution in [3.8, 4) is 0 Å². The van der Waals surface area contributed by atoms with E-state index in [0.29, 0.717) is 12.6 Å². The van der Waals surface area contributed by atoms with Gasteiger partial charge in [0.1, 0.15) is 6.26 Å². The molecule has 2 atom stereocenters. The minimum absolute atomic E-state index is 0.108. The lowest BCUT2D eigenvalue weighted by atomic mass is 9.91. The Morgan fingerprint density at radius 1 is 1.61 bits per heavy atom. The third kappa shape index (κ3) is 3.01. The number of rotatable bonds is 4. The monoisotopic (exact) mass is 253 g/mol. The minimum atomic E-state index is -0.470. The first-order chi connectivity index (χ1) is 8.70. The lowest BCUT2D eigenvalue weighted by molar-refractivity contribution is 0.0519. The minimum Gasteiger partial charge on any atom is -0.461 e. The largest absolute Gasteiger partial charge is 0.461 e. The number of nitrogens with two attached hydrogens (primary N) is 1. The number of nitrogens with one attached hydrogen (secondary N) is 1. The molecule has 0 bridgehead atoms. The van der Waals surface area contributed by atoms with Crippen LogP contribution in [0.4, 0.5) is 6.01 Å². The highest BCUT2D eigenvalue weighted by atomic mass is 16.5. The van der Waals surface area contributed by atoms with Crippen molar-refractivity contribution in [3.63, 3.8) is 0 Å². The Bertz CT molecular complexity index is 405. The topological polar surface area (TPSA) is 90.4 Å². The molecule has 0 unspecified atom stereocenters. The molecule has 0 radical (unpaired) electrons. The summed E-state index contributed by atoms with van der Waals surface area (Å²) in [7, 11) is 0. The van der Waals surface area contributed by atoms with Crippen LogP contribution in [0.25, 0.3) is 0 Å². The van der Waals surface area contributed by atoms with Crippen LogP contribution in [0.1, 0.15) is 43.1 Å². The zero-order valence-electron chi connectivity index (χ0n) is 10.5. The molecule has 2 rings (SSSR count). The summed E-state index contributed by atoms with van der Waals surface area (Å²) >= 11 is 0. The van der Waals surface area contributed by atoms with Gasteiger partial charge in [0.2, 0.25) is 0 Å². The van der Waals surface area contributed by atoms with Gasteiger partial charge in [0.15, 0.2) is 5.69 Å². The molecule has 18 heavy (non-hydrogen) atoms. The van der Waals surface area contributed by atoms with Gasteiger partial charge in [-0.15, -0.1) is 0 Å². The van der Waals surface area contributed by atoms with Crippen LogP contribution in [0.15, 0.2) is 10.7 Å². The molecule has 0 aliphatic heterocycles. The maximum atomic E-state index is 11.4. The van der Waals surface area contributed by atoms with Gasteiger partial charge in [-0.2, -0.15) is 4.98 Å². The summed E-state index contributed by atoms with van der Waals surface area (Å²) in [4.78, 5) is 15.5. The van der Waals surface area contributed by atoms with Crippen molar-refractivity contribution in [2.75, 3.05) is 11.9 Å². The Morgan fingerprint density at radius 3 is 3.11 bits per heavy atom. The molecule has 0 amide bonds. The summed E-state index contributed by atoms with van der Waals surface area (Å²) in [6.45, 7) is 2.07. The standard InChI is InChI=1S/C12H19N3O3/c1-2-17-11(16)10-7-18-12(15-10)14-9-6-4-3-5-8(9)13/h7-9H,2-6,13H2,1H3,(H,14,15)/t8-,9-/m1/s1. The van der Waals surface area contributed by atoms with Crippen molar-refractivity contribution in [2.45, 2.75) is 44.7 Å². The maximum Gasteiger partial charge on any atom is 0.360 e. The Labute approximate surface area is 106 Å². The van der Waals surface area contributed by atoms with Crippen molar-refractivity contribution >= 4 is 12.0 Å². The van der Waals surface area contributed by atoms with Gasteiger partial charge in [-0.25, -0.2) is 4.79 Å². The van der Waals surface area contributed by atoms with Crippen LogP contribution >= 0.6 is 0 Å². The molecule has 1 saturated carbocycles. The predicted molar refractivity (Wildman–Crippen MR) is 66.3 cm³/mol. The number of oxazole rings is 1. The van der Waals surface area contributed by atoms with E-state index in [9.17, 15) is 4.79 Å². The molecule has 1 aromatic rings. The van der Waals surface area contributed by atoms with Gasteiger partial charge in [-0.3, -0.25) is 0 Å². The van der Waals surface area contributed by atoms with E-state index in [1.807, 2.05) is 0 Å². The predicted octanol–water partition coefficient (Wildman–Crippen LogP) is 1.53. The zero-order chi connectivity index (χ0) is 13.0. The summed E-state index contributed by atoms with van der Waals surface area (Å²) < 4.78 is 10.0. The molecule has 1 aliphatic carbocycles. The van der Waals surface area contributed by atoms with Gasteiger partial charge in [-0.1, -0.05) is 12.8 Å². The zero-order valence-corrected chi connectivity index (χ0v) is 10.5. The molecule has 3 N–H and O–H groups in total. The van der Waals surface area contributed by atoms with E-state index in [0.717, 1.165) is 19.3 Å². The fourth-order valence-electron chi connectivity index (χ4n) is 2.14. The molecule has 1 aromatic heterocycles. The van der Waals surface area contributed by atoms with Crippen LogP contribution in [-0.4, -0.2) is 29.6 Å². The second-order valence-electron chi connectivity index (χ2n) is 4.46. The molecule has 1 aliphatic rings. The maximum absolute atomic E-state index is 11.4. The highest BCUT2D eigenvalue weighted by Crippen LogP contribution is 2.20. The Morgan fingerprint density at radius 2 is 2.39 bits per heavy atom. The number of hydrogen-bond acceptors (Lipinski definition) is 6. The van der Waals surface area contributed by atoms with Gasteiger partial charge >= 0.3 is 5.97 Å². The Balaban J connectivity index is 1.95. The number of anilines is 1. The highest BCUT2D eigenvalue weighted by Gasteiger charge is 2.23. The van der Waals surface area contributed by atoms with Crippen LogP contribution in [0.5, 0.6) is 0 Å². The van der Waals surface area contributed by atoms with Gasteiger partial charge < -0.3 is 20.2 Å². The van der Waals surface area contributed by atoms with E-state index < -0.39 is 5.97 Å². The molecule has 100 valence electrons. The number of aromatic nitrogens is 1. The van der Waals surface area contributed by atoms with Crippen LogP contribution in [0, 0.1) is 0 Å². The molecule has 1 fully saturated rings. The van der Waals surface area contributed by atoms with Gasteiger partial charge in [0, 0.05) is 12.1 Å². The number of carbonyl (C=O) groups excluding carboxylic acids is 1. The van der Waals surface area contributed by atoms with E-state index in [-0.39, 0.29) is 17.8 Å². The lowest BCUT2D eigenvalue weighted by Crippen LogP contribution is -2.42. The molecule has 1 heterocycles. The number of nitrogens with zero attached hydrogens (tertiary/aromatic N) is 1. The van der Waals surface area contributed by atoms with E-state index in [2.05, 4.69) is 10.3 Å². The normalized spacial score (nSPS) is 23.7. The fraction of sp³-hybridized carbons (Fsp3) is 0.667. The summed E-state index contributed by atoms with van der Waals surface area (Å²) in [5.41, 5.74) is 6.20. The molecule has 6 heteroatoms. The van der Waals surface area contributed by atoms with E-state index in [4.69, 9.17) is 14.9 Å². The van der Waals surface area contributed by atoms with Crippen molar-refractivity contribution < 1.29 is 13.9 Å². The number of ether oxygens (including phenoxy) is 1. The number of hydrogen-bond donors (Lipinski definition) is 2. The third-order valence-electron chi connectivity index (χ3n) is 3.12. The van der Waals surface area contributed by atoms with Crippen LogP contribution in [0.3, 0.4) is 0 Å². The van der Waals surface area contributed by atoms with E-state index >= 15 is 0 Å². The van der Waals surface area contributed by atoms with Crippen LogP contribution < -0.4 is 11.1 Å². The van der Waals surface area contributed by atoms with Gasteiger partial charge in [0.25, 0.3) is 6.01 Å². The summed E-state index contributed by atoms with van der Waals surface area (Å²) in [6, 6.07) is 0.601. The first-order valence-electron chi connectivity index (χ1n) is 6.35. The quantitative estimate of drug-likeness (QED) is 0.791. The summed E-state index contributed by atoms with van der Waals surface area (Å²) in [5.74, 6) is -0.470. The number of carbonyl (C=O) groups is 1. The first kappa shape index (κ1) is 12.9. The Kier molecular flexibility index (Phi) is 4.19.